The molecule has 0 aromatic heterocycles. The van der Waals surface area contributed by atoms with Crippen molar-refractivity contribution in [2.24, 2.45) is 0 Å². The molecule has 0 aliphatic heterocycles. The molecule has 0 heterocycles. The lowest BCUT2D eigenvalue weighted by molar-refractivity contribution is -0.141. The van der Waals surface area contributed by atoms with E-state index in [1.54, 1.807) is 12.1 Å². The molecule has 0 aliphatic rings. The Labute approximate surface area is 140 Å². The van der Waals surface area contributed by atoms with E-state index in [1.807, 2.05) is 42.5 Å². The summed E-state index contributed by atoms with van der Waals surface area (Å²) in [5.74, 6) is -0.786. The van der Waals surface area contributed by atoms with Crippen LogP contribution in [-0.2, 0) is 14.3 Å². The highest BCUT2D eigenvalue weighted by Gasteiger charge is 2.18. The molecular weight excluding hydrogens is 314 g/mol. The molecule has 0 spiro atoms. The molecule has 0 aliphatic carbocycles. The fourth-order valence-electron chi connectivity index (χ4n) is 2.31. The number of methoxy groups -OCH3 is 1. The molecular formula is C18H18ClNO3. The van der Waals surface area contributed by atoms with Crippen molar-refractivity contribution in [3.05, 3.63) is 70.7 Å². The Morgan fingerprint density at radius 2 is 1.65 bits per heavy atom. The average molecular weight is 332 g/mol. The number of esters is 1. The van der Waals surface area contributed by atoms with Gasteiger partial charge >= 0.3 is 5.97 Å². The molecule has 4 nitrogen and oxygen atoms in total. The molecule has 2 aromatic rings. The van der Waals surface area contributed by atoms with Gasteiger partial charge in [0.15, 0.2) is 0 Å². The van der Waals surface area contributed by atoms with Gasteiger partial charge in [0, 0.05) is 17.4 Å². The van der Waals surface area contributed by atoms with E-state index in [4.69, 9.17) is 11.6 Å². The maximum absolute atomic E-state index is 12.1. The van der Waals surface area contributed by atoms with E-state index in [9.17, 15) is 9.59 Å². The van der Waals surface area contributed by atoms with Crippen LogP contribution in [0.2, 0.25) is 5.02 Å². The van der Waals surface area contributed by atoms with E-state index in [-0.39, 0.29) is 24.8 Å². The lowest BCUT2D eigenvalue weighted by Crippen LogP contribution is -2.31. The van der Waals surface area contributed by atoms with Crippen molar-refractivity contribution in [1.82, 2.24) is 5.32 Å². The molecule has 0 saturated heterocycles. The van der Waals surface area contributed by atoms with Gasteiger partial charge in [0.1, 0.15) is 6.54 Å². The maximum atomic E-state index is 12.1. The summed E-state index contributed by atoms with van der Waals surface area (Å²) in [5, 5.41) is 3.22. The van der Waals surface area contributed by atoms with Crippen molar-refractivity contribution >= 4 is 23.5 Å². The third-order valence-corrected chi connectivity index (χ3v) is 3.77. The lowest BCUT2D eigenvalue weighted by Gasteiger charge is -2.18. The van der Waals surface area contributed by atoms with Crippen LogP contribution in [-0.4, -0.2) is 25.5 Å². The van der Waals surface area contributed by atoms with Crippen LogP contribution < -0.4 is 5.32 Å². The van der Waals surface area contributed by atoms with Crippen LogP contribution in [0.5, 0.6) is 0 Å². The number of ether oxygens (including phenoxy) is 1. The van der Waals surface area contributed by atoms with Crippen molar-refractivity contribution in [2.75, 3.05) is 13.7 Å². The Hall–Kier alpha value is -2.33. The van der Waals surface area contributed by atoms with Gasteiger partial charge in [0.25, 0.3) is 0 Å². The van der Waals surface area contributed by atoms with Crippen LogP contribution in [0.3, 0.4) is 0 Å². The molecule has 1 unspecified atom stereocenters. The van der Waals surface area contributed by atoms with E-state index in [0.29, 0.717) is 5.02 Å². The van der Waals surface area contributed by atoms with Gasteiger partial charge in [-0.15, -0.1) is 0 Å². The summed E-state index contributed by atoms with van der Waals surface area (Å²) in [6.07, 6.45) is 0.239. The number of halogens is 1. The summed E-state index contributed by atoms with van der Waals surface area (Å²) >= 11 is 5.94. The van der Waals surface area contributed by atoms with Crippen molar-refractivity contribution in [2.45, 2.75) is 12.3 Å². The van der Waals surface area contributed by atoms with Crippen molar-refractivity contribution in [3.63, 3.8) is 0 Å². The van der Waals surface area contributed by atoms with Crippen LogP contribution in [0.15, 0.2) is 54.6 Å². The van der Waals surface area contributed by atoms with Gasteiger partial charge in [-0.1, -0.05) is 54.1 Å². The number of nitrogens with one attached hydrogen (secondary N) is 1. The van der Waals surface area contributed by atoms with Gasteiger partial charge in [-0.25, -0.2) is 0 Å². The Morgan fingerprint density at radius 3 is 2.26 bits per heavy atom. The second kappa shape index (κ2) is 8.34. The zero-order valence-corrected chi connectivity index (χ0v) is 13.5. The fraction of sp³-hybridized carbons (Fsp3) is 0.222. The zero-order valence-electron chi connectivity index (χ0n) is 12.8. The Balaban J connectivity index is 2.16. The van der Waals surface area contributed by atoms with Crippen LogP contribution >= 0.6 is 11.6 Å². The summed E-state index contributed by atoms with van der Waals surface area (Å²) < 4.78 is 4.52. The van der Waals surface area contributed by atoms with Crippen molar-refractivity contribution < 1.29 is 14.3 Å². The van der Waals surface area contributed by atoms with Gasteiger partial charge in [0.05, 0.1) is 7.11 Å². The molecule has 0 saturated carbocycles. The van der Waals surface area contributed by atoms with Crippen LogP contribution in [0.25, 0.3) is 0 Å². The van der Waals surface area contributed by atoms with Crippen LogP contribution in [0.4, 0.5) is 0 Å². The Morgan fingerprint density at radius 1 is 1.04 bits per heavy atom. The molecule has 120 valence electrons. The molecule has 2 rings (SSSR count). The molecule has 1 atom stereocenters. The number of carbonyl (C=O) groups excluding carboxylic acids is 2. The minimum Gasteiger partial charge on any atom is -0.468 e. The summed E-state index contributed by atoms with van der Waals surface area (Å²) in [6.45, 7) is -0.128. The second-order valence-corrected chi connectivity index (χ2v) is 5.51. The number of hydrogen-bond donors (Lipinski definition) is 1. The van der Waals surface area contributed by atoms with Gasteiger partial charge in [-0.05, 0) is 23.3 Å². The lowest BCUT2D eigenvalue weighted by atomic mass is 9.88. The minimum atomic E-state index is -0.471. The number of benzene rings is 2. The van der Waals surface area contributed by atoms with E-state index < -0.39 is 5.97 Å². The smallest absolute Gasteiger partial charge is 0.325 e. The van der Waals surface area contributed by atoms with E-state index in [0.717, 1.165) is 11.1 Å². The molecule has 23 heavy (non-hydrogen) atoms. The zero-order chi connectivity index (χ0) is 16.7. The first-order chi connectivity index (χ1) is 11.1. The fourth-order valence-corrected chi connectivity index (χ4v) is 2.44. The average Bonchev–Trinajstić information content (AvgIpc) is 2.59. The normalized spacial score (nSPS) is 11.6. The molecule has 1 amide bonds. The van der Waals surface area contributed by atoms with Gasteiger partial charge in [-0.2, -0.15) is 0 Å². The SMILES string of the molecule is COC(=O)CNC(=O)CC(c1ccccc1)c1ccc(Cl)cc1. The molecule has 0 fully saturated rings. The first kappa shape index (κ1) is 17.0. The van der Waals surface area contributed by atoms with Gasteiger partial charge in [-0.3, -0.25) is 9.59 Å². The number of hydrogen-bond acceptors (Lipinski definition) is 3. The third-order valence-electron chi connectivity index (χ3n) is 3.52. The Kier molecular flexibility index (Phi) is 6.18. The number of rotatable bonds is 6. The highest BCUT2D eigenvalue weighted by Crippen LogP contribution is 2.28. The number of carbonyl (C=O) groups is 2. The largest absolute Gasteiger partial charge is 0.468 e. The molecule has 2 aromatic carbocycles. The highest BCUT2D eigenvalue weighted by atomic mass is 35.5. The summed E-state index contributed by atoms with van der Waals surface area (Å²) in [5.41, 5.74) is 2.02. The van der Waals surface area contributed by atoms with E-state index in [1.165, 1.54) is 7.11 Å². The third kappa shape index (κ3) is 5.11. The summed E-state index contributed by atoms with van der Waals surface area (Å²) in [4.78, 5) is 23.3. The summed E-state index contributed by atoms with van der Waals surface area (Å²) in [6, 6.07) is 17.2. The minimum absolute atomic E-state index is 0.105. The van der Waals surface area contributed by atoms with Gasteiger partial charge < -0.3 is 10.1 Å². The van der Waals surface area contributed by atoms with Crippen LogP contribution in [0.1, 0.15) is 23.5 Å². The molecule has 0 radical (unpaired) electrons. The monoisotopic (exact) mass is 331 g/mol. The topological polar surface area (TPSA) is 55.4 Å². The van der Waals surface area contributed by atoms with Crippen LogP contribution in [0, 0.1) is 0 Å². The quantitative estimate of drug-likeness (QED) is 0.827. The molecule has 5 heteroatoms. The Bertz CT molecular complexity index is 656. The van der Waals surface area contributed by atoms with E-state index >= 15 is 0 Å². The van der Waals surface area contributed by atoms with Gasteiger partial charge in [0.2, 0.25) is 5.91 Å². The predicted octanol–water partition coefficient (Wildman–Crippen LogP) is 3.15. The maximum Gasteiger partial charge on any atom is 0.325 e. The summed E-state index contributed by atoms with van der Waals surface area (Å²) in [7, 11) is 1.29. The second-order valence-electron chi connectivity index (χ2n) is 5.07. The number of amides is 1. The standard InChI is InChI=1S/C18H18ClNO3/c1-23-18(22)12-20-17(21)11-16(13-5-3-2-4-6-13)14-7-9-15(19)10-8-14/h2-10,16H,11-12H2,1H3,(H,20,21). The van der Waals surface area contributed by atoms with Crippen molar-refractivity contribution in [1.29, 1.82) is 0 Å². The van der Waals surface area contributed by atoms with Crippen molar-refractivity contribution in [3.8, 4) is 0 Å². The predicted molar refractivity (Wildman–Crippen MR) is 89.4 cm³/mol. The first-order valence-electron chi connectivity index (χ1n) is 7.24. The highest BCUT2D eigenvalue weighted by molar-refractivity contribution is 6.30. The van der Waals surface area contributed by atoms with E-state index in [2.05, 4.69) is 10.1 Å². The molecule has 0 bridgehead atoms. The molecule has 1 N–H and O–H groups in total. The first-order valence-corrected chi connectivity index (χ1v) is 7.62.